The molecule has 0 saturated carbocycles. The molecule has 1 aliphatic heterocycles. The van der Waals surface area contributed by atoms with Gasteiger partial charge in [0.2, 0.25) is 0 Å². The molecule has 1 atom stereocenters. The van der Waals surface area contributed by atoms with Gasteiger partial charge in [-0.1, -0.05) is 18.2 Å². The predicted molar refractivity (Wildman–Crippen MR) is 75.7 cm³/mol. The second-order valence-corrected chi connectivity index (χ2v) is 6.00. The van der Waals surface area contributed by atoms with Gasteiger partial charge in [0.1, 0.15) is 0 Å². The van der Waals surface area contributed by atoms with Crippen molar-refractivity contribution in [3.63, 3.8) is 0 Å². The van der Waals surface area contributed by atoms with Crippen LogP contribution in [0, 0.1) is 13.8 Å². The van der Waals surface area contributed by atoms with E-state index in [2.05, 4.69) is 36.9 Å². The van der Waals surface area contributed by atoms with Crippen molar-refractivity contribution in [2.24, 2.45) is 0 Å². The molecule has 1 aromatic carbocycles. The van der Waals surface area contributed by atoms with Gasteiger partial charge in [-0.2, -0.15) is 0 Å². The van der Waals surface area contributed by atoms with E-state index >= 15 is 0 Å². The van der Waals surface area contributed by atoms with Gasteiger partial charge in [0, 0.05) is 13.1 Å². The fourth-order valence-electron chi connectivity index (χ4n) is 2.80. The molecule has 1 saturated heterocycles. The molecule has 1 unspecified atom stereocenters. The first-order valence-corrected chi connectivity index (χ1v) is 6.98. The molecular formula is C16H25NO. The average molecular weight is 247 g/mol. The Morgan fingerprint density at radius 1 is 1.17 bits per heavy atom. The maximum absolute atomic E-state index is 10.1. The summed E-state index contributed by atoms with van der Waals surface area (Å²) in [7, 11) is 0. The van der Waals surface area contributed by atoms with Crippen LogP contribution >= 0.6 is 0 Å². The predicted octanol–water partition coefficient (Wildman–Crippen LogP) is 3.04. The van der Waals surface area contributed by atoms with Gasteiger partial charge in [-0.25, -0.2) is 0 Å². The number of nitrogens with zero attached hydrogens (tertiary/aromatic N) is 1. The fourth-order valence-corrected chi connectivity index (χ4v) is 2.80. The summed E-state index contributed by atoms with van der Waals surface area (Å²) in [6.45, 7) is 9.47. The van der Waals surface area contributed by atoms with Crippen molar-refractivity contribution >= 4 is 0 Å². The third-order valence-electron chi connectivity index (χ3n) is 4.18. The SMILES string of the molecule is Cc1cccc(C)c1CN1CCCC(C)(O)CC1. The summed E-state index contributed by atoms with van der Waals surface area (Å²) in [5.41, 5.74) is 3.76. The molecule has 0 spiro atoms. The lowest BCUT2D eigenvalue weighted by Gasteiger charge is -2.23. The molecule has 1 aromatic rings. The molecular weight excluding hydrogens is 222 g/mol. The van der Waals surface area contributed by atoms with Crippen molar-refractivity contribution in [2.75, 3.05) is 13.1 Å². The van der Waals surface area contributed by atoms with E-state index in [9.17, 15) is 5.11 Å². The molecule has 0 aliphatic carbocycles. The van der Waals surface area contributed by atoms with Crippen LogP contribution in [0.2, 0.25) is 0 Å². The second kappa shape index (κ2) is 5.41. The van der Waals surface area contributed by atoms with Crippen LogP contribution < -0.4 is 0 Å². The van der Waals surface area contributed by atoms with Gasteiger partial charge in [-0.15, -0.1) is 0 Å². The topological polar surface area (TPSA) is 23.5 Å². The standard InChI is InChI=1S/C16H25NO/c1-13-6-4-7-14(2)15(13)12-17-10-5-8-16(3,18)9-11-17/h4,6-7,18H,5,8-12H2,1-3H3. The minimum atomic E-state index is -0.463. The summed E-state index contributed by atoms with van der Waals surface area (Å²) in [6, 6.07) is 6.51. The van der Waals surface area contributed by atoms with Gasteiger partial charge in [0.15, 0.2) is 0 Å². The lowest BCUT2D eigenvalue weighted by molar-refractivity contribution is 0.0444. The molecule has 18 heavy (non-hydrogen) atoms. The zero-order valence-electron chi connectivity index (χ0n) is 11.9. The van der Waals surface area contributed by atoms with Crippen LogP contribution in [-0.2, 0) is 6.54 Å². The Labute approximate surface area is 111 Å². The Balaban J connectivity index is 2.05. The van der Waals surface area contributed by atoms with Crippen molar-refractivity contribution in [3.8, 4) is 0 Å². The Hall–Kier alpha value is -0.860. The van der Waals surface area contributed by atoms with E-state index in [1.54, 1.807) is 0 Å². The molecule has 100 valence electrons. The van der Waals surface area contributed by atoms with Crippen LogP contribution in [-0.4, -0.2) is 28.7 Å². The third-order valence-corrected chi connectivity index (χ3v) is 4.18. The minimum Gasteiger partial charge on any atom is -0.390 e. The van der Waals surface area contributed by atoms with Crippen LogP contribution in [0.4, 0.5) is 0 Å². The molecule has 2 nitrogen and oxygen atoms in total. The van der Waals surface area contributed by atoms with Crippen LogP contribution in [0.5, 0.6) is 0 Å². The van der Waals surface area contributed by atoms with Gasteiger partial charge < -0.3 is 5.11 Å². The maximum atomic E-state index is 10.1. The first kappa shape index (κ1) is 13.6. The Morgan fingerprint density at radius 2 is 1.83 bits per heavy atom. The first-order chi connectivity index (χ1) is 8.48. The normalized spacial score (nSPS) is 26.0. The first-order valence-electron chi connectivity index (χ1n) is 6.98. The summed E-state index contributed by atoms with van der Waals surface area (Å²) in [5.74, 6) is 0. The molecule has 1 fully saturated rings. The number of likely N-dealkylation sites (tertiary alicyclic amines) is 1. The summed E-state index contributed by atoms with van der Waals surface area (Å²) in [5, 5.41) is 10.1. The lowest BCUT2D eigenvalue weighted by Crippen LogP contribution is -2.28. The zero-order chi connectivity index (χ0) is 13.2. The van der Waals surface area contributed by atoms with Crippen LogP contribution in [0.25, 0.3) is 0 Å². The molecule has 0 aromatic heterocycles. The molecule has 1 heterocycles. The smallest absolute Gasteiger partial charge is 0.0632 e. The molecule has 1 aliphatic rings. The largest absolute Gasteiger partial charge is 0.390 e. The summed E-state index contributed by atoms with van der Waals surface area (Å²) >= 11 is 0. The molecule has 0 radical (unpaired) electrons. The van der Waals surface area contributed by atoms with Crippen LogP contribution in [0.1, 0.15) is 42.9 Å². The van der Waals surface area contributed by atoms with Crippen LogP contribution in [0.15, 0.2) is 18.2 Å². The second-order valence-electron chi connectivity index (χ2n) is 6.00. The van der Waals surface area contributed by atoms with Gasteiger partial charge in [0.25, 0.3) is 0 Å². The van der Waals surface area contributed by atoms with E-state index in [4.69, 9.17) is 0 Å². The van der Waals surface area contributed by atoms with E-state index in [1.165, 1.54) is 16.7 Å². The fraction of sp³-hybridized carbons (Fsp3) is 0.625. The number of hydrogen-bond donors (Lipinski definition) is 1. The molecule has 2 rings (SSSR count). The van der Waals surface area contributed by atoms with E-state index < -0.39 is 5.60 Å². The molecule has 1 N–H and O–H groups in total. The van der Waals surface area contributed by atoms with E-state index in [-0.39, 0.29) is 0 Å². The Bertz CT molecular complexity index is 391. The number of aryl methyl sites for hydroxylation is 2. The molecule has 2 heteroatoms. The highest BCUT2D eigenvalue weighted by Crippen LogP contribution is 2.23. The highest BCUT2D eigenvalue weighted by Gasteiger charge is 2.25. The molecule has 0 bridgehead atoms. The summed E-state index contributed by atoms with van der Waals surface area (Å²) in [6.07, 6.45) is 2.91. The van der Waals surface area contributed by atoms with Crippen molar-refractivity contribution in [3.05, 3.63) is 34.9 Å². The monoisotopic (exact) mass is 247 g/mol. The maximum Gasteiger partial charge on any atom is 0.0632 e. The van der Waals surface area contributed by atoms with Gasteiger partial charge in [0.05, 0.1) is 5.60 Å². The number of aliphatic hydroxyl groups is 1. The summed E-state index contributed by atoms with van der Waals surface area (Å²) in [4.78, 5) is 2.48. The van der Waals surface area contributed by atoms with Crippen molar-refractivity contribution in [1.82, 2.24) is 4.90 Å². The Morgan fingerprint density at radius 3 is 2.50 bits per heavy atom. The Kier molecular flexibility index (Phi) is 4.08. The quantitative estimate of drug-likeness (QED) is 0.868. The minimum absolute atomic E-state index is 0.463. The van der Waals surface area contributed by atoms with Crippen LogP contribution in [0.3, 0.4) is 0 Å². The number of rotatable bonds is 2. The third kappa shape index (κ3) is 3.33. The summed E-state index contributed by atoms with van der Waals surface area (Å²) < 4.78 is 0. The highest BCUT2D eigenvalue weighted by molar-refractivity contribution is 5.33. The van der Waals surface area contributed by atoms with E-state index in [1.807, 2.05) is 6.92 Å². The average Bonchev–Trinajstić information content (AvgIpc) is 2.46. The van der Waals surface area contributed by atoms with E-state index in [0.717, 1.165) is 38.9 Å². The van der Waals surface area contributed by atoms with Gasteiger partial charge in [-0.05, 0) is 63.3 Å². The van der Waals surface area contributed by atoms with Crippen molar-refractivity contribution in [2.45, 2.75) is 52.2 Å². The van der Waals surface area contributed by atoms with Crippen molar-refractivity contribution in [1.29, 1.82) is 0 Å². The highest BCUT2D eigenvalue weighted by atomic mass is 16.3. The number of hydrogen-bond acceptors (Lipinski definition) is 2. The molecule has 0 amide bonds. The zero-order valence-corrected chi connectivity index (χ0v) is 11.9. The van der Waals surface area contributed by atoms with E-state index in [0.29, 0.717) is 0 Å². The number of benzene rings is 1. The lowest BCUT2D eigenvalue weighted by atomic mass is 9.98. The van der Waals surface area contributed by atoms with Gasteiger partial charge >= 0.3 is 0 Å². The van der Waals surface area contributed by atoms with Crippen molar-refractivity contribution < 1.29 is 5.11 Å². The van der Waals surface area contributed by atoms with Gasteiger partial charge in [-0.3, -0.25) is 4.90 Å².